The molecule has 178 valence electrons. The Morgan fingerprint density at radius 3 is 2.68 bits per heavy atom. The second-order valence-electron chi connectivity index (χ2n) is 9.11. The van der Waals surface area contributed by atoms with E-state index in [4.69, 9.17) is 5.73 Å². The molecule has 0 amide bonds. The second kappa shape index (κ2) is 8.82. The quantitative estimate of drug-likeness (QED) is 0.464. The van der Waals surface area contributed by atoms with Crippen LogP contribution in [0.25, 0.3) is 0 Å². The van der Waals surface area contributed by atoms with E-state index in [1.807, 2.05) is 32.2 Å². The number of hydrogen-bond acceptors (Lipinski definition) is 6. The van der Waals surface area contributed by atoms with Crippen molar-refractivity contribution < 1.29 is 18.0 Å². The maximum absolute atomic E-state index is 13.6. The number of allylic oxidation sites excluding steroid dienone is 3. The Hall–Kier alpha value is -2.70. The van der Waals surface area contributed by atoms with Gasteiger partial charge in [0.25, 0.3) is 0 Å². The summed E-state index contributed by atoms with van der Waals surface area (Å²) in [7, 11) is 0. The Labute approximate surface area is 204 Å². The van der Waals surface area contributed by atoms with E-state index in [1.165, 1.54) is 28.4 Å². The maximum Gasteiger partial charge on any atom is 0.416 e. The van der Waals surface area contributed by atoms with E-state index in [2.05, 4.69) is 6.07 Å². The van der Waals surface area contributed by atoms with Crippen LogP contribution in [0.2, 0.25) is 0 Å². The van der Waals surface area contributed by atoms with E-state index in [0.717, 1.165) is 27.7 Å². The number of carbonyl (C=O) groups excluding carboxylic acids is 1. The number of carbonyl (C=O) groups is 1. The number of nitriles is 1. The SMILES string of the molecule is CCSc1ccsc1C1C(C#N)=C(N)N(c2cccc(C(F)(F)F)c2)C2=C1C(=O)CC(C)(C)C2. The fourth-order valence-electron chi connectivity index (χ4n) is 4.68. The van der Waals surface area contributed by atoms with Crippen LogP contribution in [0.15, 0.2) is 63.3 Å². The summed E-state index contributed by atoms with van der Waals surface area (Å²) in [5, 5.41) is 12.1. The van der Waals surface area contributed by atoms with Crippen molar-refractivity contribution in [2.24, 2.45) is 11.1 Å². The lowest BCUT2D eigenvalue weighted by molar-refractivity contribution is -0.137. The second-order valence-corrected chi connectivity index (χ2v) is 11.4. The van der Waals surface area contributed by atoms with Crippen molar-refractivity contribution in [1.29, 1.82) is 5.26 Å². The molecule has 9 heteroatoms. The van der Waals surface area contributed by atoms with Crippen LogP contribution in [0.3, 0.4) is 0 Å². The first-order valence-corrected chi connectivity index (χ1v) is 12.7. The van der Waals surface area contributed by atoms with Crippen LogP contribution >= 0.6 is 23.1 Å². The molecule has 4 rings (SSSR count). The summed E-state index contributed by atoms with van der Waals surface area (Å²) in [5.74, 6) is 0.159. The van der Waals surface area contributed by atoms with Gasteiger partial charge in [0.15, 0.2) is 5.78 Å². The van der Waals surface area contributed by atoms with Crippen molar-refractivity contribution in [3.8, 4) is 6.07 Å². The topological polar surface area (TPSA) is 70.1 Å². The minimum Gasteiger partial charge on any atom is -0.384 e. The van der Waals surface area contributed by atoms with Gasteiger partial charge in [-0.3, -0.25) is 9.69 Å². The number of alkyl halides is 3. The number of Topliss-reactive ketones (excluding diaryl/α,β-unsaturated/α-hetero) is 1. The number of rotatable bonds is 4. The first-order valence-electron chi connectivity index (χ1n) is 10.8. The molecular formula is C25H24F3N3OS2. The third kappa shape index (κ3) is 4.25. The molecule has 2 N–H and O–H groups in total. The first kappa shape index (κ1) is 24.4. The first-order chi connectivity index (χ1) is 16.0. The Morgan fingerprint density at radius 1 is 1.29 bits per heavy atom. The molecule has 0 bridgehead atoms. The third-order valence-electron chi connectivity index (χ3n) is 6.03. The van der Waals surface area contributed by atoms with Crippen LogP contribution in [0, 0.1) is 16.7 Å². The zero-order valence-corrected chi connectivity index (χ0v) is 20.6. The highest BCUT2D eigenvalue weighted by molar-refractivity contribution is 7.99. The van der Waals surface area contributed by atoms with Gasteiger partial charge in [-0.2, -0.15) is 18.4 Å². The molecule has 0 spiro atoms. The van der Waals surface area contributed by atoms with Gasteiger partial charge in [-0.15, -0.1) is 23.1 Å². The average molecular weight is 504 g/mol. The summed E-state index contributed by atoms with van der Waals surface area (Å²) in [6.45, 7) is 5.94. The minimum atomic E-state index is -4.53. The molecule has 1 atom stereocenters. The summed E-state index contributed by atoms with van der Waals surface area (Å²) >= 11 is 3.09. The molecule has 0 radical (unpaired) electrons. The van der Waals surface area contributed by atoms with Crippen molar-refractivity contribution in [2.45, 2.75) is 50.6 Å². The molecule has 1 aliphatic heterocycles. The van der Waals surface area contributed by atoms with Crippen LogP contribution < -0.4 is 10.6 Å². The number of benzene rings is 1. The van der Waals surface area contributed by atoms with Crippen LogP contribution in [0.4, 0.5) is 18.9 Å². The van der Waals surface area contributed by atoms with Crippen molar-refractivity contribution in [3.05, 3.63) is 68.8 Å². The van der Waals surface area contributed by atoms with E-state index in [0.29, 0.717) is 24.1 Å². The predicted octanol–water partition coefficient (Wildman–Crippen LogP) is 6.82. The lowest BCUT2D eigenvalue weighted by Gasteiger charge is -2.43. The summed E-state index contributed by atoms with van der Waals surface area (Å²) in [5.41, 5.74) is 6.73. The summed E-state index contributed by atoms with van der Waals surface area (Å²) in [4.78, 5) is 16.9. The molecule has 2 aromatic rings. The molecule has 1 aliphatic carbocycles. The van der Waals surface area contributed by atoms with Crippen molar-refractivity contribution >= 4 is 34.6 Å². The number of thioether (sulfide) groups is 1. The molecule has 34 heavy (non-hydrogen) atoms. The number of nitrogens with zero attached hydrogens (tertiary/aromatic N) is 2. The van der Waals surface area contributed by atoms with Crippen molar-refractivity contribution in [3.63, 3.8) is 0 Å². The van der Waals surface area contributed by atoms with Gasteiger partial charge in [0.2, 0.25) is 0 Å². The normalized spacial score (nSPS) is 20.4. The molecule has 0 fully saturated rings. The van der Waals surface area contributed by atoms with Crippen LogP contribution in [0.5, 0.6) is 0 Å². The zero-order valence-electron chi connectivity index (χ0n) is 19.0. The predicted molar refractivity (Wildman–Crippen MR) is 129 cm³/mol. The lowest BCUT2D eigenvalue weighted by Crippen LogP contribution is -2.42. The van der Waals surface area contributed by atoms with E-state index in [-0.39, 0.29) is 22.9 Å². The average Bonchev–Trinajstić information content (AvgIpc) is 3.19. The van der Waals surface area contributed by atoms with Gasteiger partial charge in [-0.25, -0.2) is 0 Å². The Bertz CT molecular complexity index is 1250. The molecule has 2 heterocycles. The van der Waals surface area contributed by atoms with Gasteiger partial charge in [0.05, 0.1) is 23.1 Å². The fraction of sp³-hybridized carbons (Fsp3) is 0.360. The van der Waals surface area contributed by atoms with Crippen molar-refractivity contribution in [1.82, 2.24) is 0 Å². The van der Waals surface area contributed by atoms with E-state index in [1.54, 1.807) is 11.8 Å². The molecule has 4 nitrogen and oxygen atoms in total. The van der Waals surface area contributed by atoms with Gasteiger partial charge in [0.1, 0.15) is 5.82 Å². The largest absolute Gasteiger partial charge is 0.416 e. The van der Waals surface area contributed by atoms with Gasteiger partial charge >= 0.3 is 6.18 Å². The highest BCUT2D eigenvalue weighted by Gasteiger charge is 2.46. The molecule has 1 unspecified atom stereocenters. The molecular weight excluding hydrogens is 479 g/mol. The lowest BCUT2D eigenvalue weighted by atomic mass is 9.69. The maximum atomic E-state index is 13.6. The van der Waals surface area contributed by atoms with E-state index >= 15 is 0 Å². The zero-order chi connectivity index (χ0) is 24.8. The molecule has 1 aromatic heterocycles. The Morgan fingerprint density at radius 2 is 2.03 bits per heavy atom. The van der Waals surface area contributed by atoms with Gasteiger partial charge in [-0.1, -0.05) is 26.8 Å². The standard InChI is InChI=1S/C25H24F3N3OS2/c1-4-33-19-8-9-34-22(19)20-16(13-29)23(30)31(15-7-5-6-14(10-15)25(26,27)28)17-11-24(2,3)12-18(32)21(17)20/h5-10,20H,4,11-12,30H2,1-3H3. The van der Waals surface area contributed by atoms with Crippen LogP contribution in [-0.2, 0) is 11.0 Å². The number of nitrogens with two attached hydrogens (primary N) is 1. The van der Waals surface area contributed by atoms with Gasteiger partial charge in [0, 0.05) is 33.2 Å². The van der Waals surface area contributed by atoms with Crippen LogP contribution in [0.1, 0.15) is 50.0 Å². The molecule has 1 aromatic carbocycles. The Balaban J connectivity index is 1.99. The number of anilines is 1. The highest BCUT2D eigenvalue weighted by atomic mass is 32.2. The Kier molecular flexibility index (Phi) is 6.34. The number of thiophene rings is 1. The number of ketones is 1. The smallest absolute Gasteiger partial charge is 0.384 e. The van der Waals surface area contributed by atoms with Gasteiger partial charge < -0.3 is 5.73 Å². The monoisotopic (exact) mass is 503 g/mol. The fourth-order valence-corrected chi connectivity index (χ4v) is 6.73. The molecule has 0 saturated heterocycles. The van der Waals surface area contributed by atoms with E-state index < -0.39 is 23.1 Å². The van der Waals surface area contributed by atoms with Gasteiger partial charge in [-0.05, 0) is 47.2 Å². The summed E-state index contributed by atoms with van der Waals surface area (Å²) in [6, 6.07) is 9.00. The molecule has 0 saturated carbocycles. The minimum absolute atomic E-state index is 0.0666. The number of hydrogen-bond donors (Lipinski definition) is 1. The van der Waals surface area contributed by atoms with Crippen molar-refractivity contribution in [2.75, 3.05) is 10.7 Å². The number of halogens is 3. The van der Waals surface area contributed by atoms with Crippen LogP contribution in [-0.4, -0.2) is 11.5 Å². The third-order valence-corrected chi connectivity index (χ3v) is 8.10. The highest BCUT2D eigenvalue weighted by Crippen LogP contribution is 2.52. The molecule has 2 aliphatic rings. The van der Waals surface area contributed by atoms with E-state index in [9.17, 15) is 23.2 Å². The summed E-state index contributed by atoms with van der Waals surface area (Å²) in [6.07, 6.45) is -3.80. The summed E-state index contributed by atoms with van der Waals surface area (Å²) < 4.78 is 40.4.